The number of carbonyl (C=O) groups is 1. The van der Waals surface area contributed by atoms with Gasteiger partial charge in [0.25, 0.3) is 0 Å². The Morgan fingerprint density at radius 1 is 1.06 bits per heavy atom. The van der Waals surface area contributed by atoms with Crippen LogP contribution in [0, 0.1) is 0 Å². The number of amides is 2. The van der Waals surface area contributed by atoms with Gasteiger partial charge >= 0.3 is 12.2 Å². The van der Waals surface area contributed by atoms with E-state index in [1.165, 1.54) is 4.90 Å². The van der Waals surface area contributed by atoms with Gasteiger partial charge in [-0.05, 0) is 43.9 Å². The molecule has 1 aliphatic carbocycles. The zero-order valence-corrected chi connectivity index (χ0v) is 19.4. The van der Waals surface area contributed by atoms with Crippen molar-refractivity contribution in [3.8, 4) is 5.69 Å². The van der Waals surface area contributed by atoms with E-state index in [0.29, 0.717) is 5.82 Å². The van der Waals surface area contributed by atoms with Gasteiger partial charge < -0.3 is 5.32 Å². The number of nitrogens with zero attached hydrogens (tertiary/aromatic N) is 3. The van der Waals surface area contributed by atoms with Crippen LogP contribution < -0.4 is 10.6 Å². The summed E-state index contributed by atoms with van der Waals surface area (Å²) in [5, 5.41) is 10.7. The Labute approximate surface area is 202 Å². The lowest BCUT2D eigenvalue weighted by Gasteiger charge is -2.26. The molecular weight excluding hydrogens is 455 g/mol. The number of para-hydroxylation sites is 1. The number of fused-ring (bicyclic) bond motifs is 1. The molecule has 3 aromatic rings. The van der Waals surface area contributed by atoms with Gasteiger partial charge in [-0.25, -0.2) is 9.48 Å². The summed E-state index contributed by atoms with van der Waals surface area (Å²) in [5.74, 6) is 0.352. The number of hydrogen-bond donors (Lipinski definition) is 2. The lowest BCUT2D eigenvalue weighted by molar-refractivity contribution is -0.147. The van der Waals surface area contributed by atoms with E-state index < -0.39 is 24.8 Å². The van der Waals surface area contributed by atoms with Crippen LogP contribution in [0.3, 0.4) is 0 Å². The minimum atomic E-state index is -4.31. The molecule has 0 bridgehead atoms. The van der Waals surface area contributed by atoms with Crippen molar-refractivity contribution < 1.29 is 18.0 Å². The number of aryl methyl sites for hydroxylation is 1. The fourth-order valence-electron chi connectivity index (χ4n) is 5.44. The average molecular weight is 484 g/mol. The number of likely N-dealkylation sites (tertiary alicyclic amines) is 1. The first kappa shape index (κ1) is 23.4. The fraction of sp³-hybridized carbons (Fsp3) is 0.385. The van der Waals surface area contributed by atoms with Crippen LogP contribution in [0.4, 0.5) is 23.8 Å². The van der Waals surface area contributed by atoms with Gasteiger partial charge in [0.05, 0.1) is 24.0 Å². The molecular formula is C26H28F3N5O. The van der Waals surface area contributed by atoms with Crippen LogP contribution in [0.15, 0.2) is 60.7 Å². The number of benzene rings is 2. The molecule has 2 amide bonds. The number of carbonyl (C=O) groups excluding carboxylic acids is 1. The van der Waals surface area contributed by atoms with Gasteiger partial charge in [-0.15, -0.1) is 0 Å². The number of halogens is 3. The smallest absolute Gasteiger partial charge is 0.333 e. The maximum absolute atomic E-state index is 13.2. The predicted molar refractivity (Wildman–Crippen MR) is 128 cm³/mol. The third-order valence-corrected chi connectivity index (χ3v) is 6.98. The summed E-state index contributed by atoms with van der Waals surface area (Å²) < 4.78 is 41.4. The highest BCUT2D eigenvalue weighted by Crippen LogP contribution is 2.36. The molecule has 184 valence electrons. The minimum Gasteiger partial charge on any atom is -0.333 e. The molecule has 2 heterocycles. The lowest BCUT2D eigenvalue weighted by Crippen LogP contribution is -2.43. The Morgan fingerprint density at radius 2 is 1.74 bits per heavy atom. The van der Waals surface area contributed by atoms with E-state index in [-0.39, 0.29) is 18.5 Å². The van der Waals surface area contributed by atoms with Crippen LogP contribution in [0.25, 0.3) is 5.69 Å². The molecule has 1 saturated heterocycles. The number of hydrogen-bond acceptors (Lipinski definition) is 3. The summed E-state index contributed by atoms with van der Waals surface area (Å²) in [6, 6.07) is 17.7. The highest BCUT2D eigenvalue weighted by atomic mass is 19.4. The molecule has 2 aromatic carbocycles. The monoisotopic (exact) mass is 483 g/mol. The largest absolute Gasteiger partial charge is 0.401 e. The highest BCUT2D eigenvalue weighted by Gasteiger charge is 2.45. The Morgan fingerprint density at radius 3 is 2.43 bits per heavy atom. The first-order chi connectivity index (χ1) is 16.8. The second kappa shape index (κ2) is 9.37. The third kappa shape index (κ3) is 4.91. The second-order valence-corrected chi connectivity index (χ2v) is 9.30. The molecule has 1 aromatic heterocycles. The average Bonchev–Trinajstić information content (AvgIpc) is 3.49. The SMILES string of the molecule is C[C@H]1[C@@H](c2ccccc2)[C@H](NC(=O)Nc2c3c(nn2-c2ccccc2)CCC3)CN1CC(F)(F)F. The first-order valence-electron chi connectivity index (χ1n) is 11.9. The number of anilines is 1. The van der Waals surface area contributed by atoms with E-state index in [1.54, 1.807) is 11.6 Å². The van der Waals surface area contributed by atoms with Crippen LogP contribution >= 0.6 is 0 Å². The number of aromatic nitrogens is 2. The Balaban J connectivity index is 1.39. The molecule has 1 aliphatic heterocycles. The van der Waals surface area contributed by atoms with E-state index in [4.69, 9.17) is 5.10 Å². The molecule has 0 saturated carbocycles. The molecule has 2 aliphatic rings. The van der Waals surface area contributed by atoms with Crippen molar-refractivity contribution in [1.82, 2.24) is 20.0 Å². The molecule has 3 atom stereocenters. The van der Waals surface area contributed by atoms with Crippen molar-refractivity contribution in [3.63, 3.8) is 0 Å². The maximum atomic E-state index is 13.2. The fourth-order valence-corrected chi connectivity index (χ4v) is 5.44. The van der Waals surface area contributed by atoms with Crippen LogP contribution in [-0.4, -0.2) is 52.1 Å². The standard InChI is InChI=1S/C26H28F3N5O/c1-17-23(18-9-4-2-5-10-18)22(15-33(17)16-26(27,28)29)30-25(35)31-24-20-13-8-14-21(20)32-34(24)19-11-6-3-7-12-19/h2-7,9-12,17,22-23H,8,13-16H2,1H3,(H2,30,31,35)/t17-,22+,23-/m0/s1. The molecule has 0 radical (unpaired) electrons. The lowest BCUT2D eigenvalue weighted by atomic mass is 9.89. The van der Waals surface area contributed by atoms with Crippen LogP contribution in [-0.2, 0) is 12.8 Å². The molecule has 9 heteroatoms. The minimum absolute atomic E-state index is 0.115. The topological polar surface area (TPSA) is 62.2 Å². The summed E-state index contributed by atoms with van der Waals surface area (Å²) in [6.07, 6.45) is -1.65. The molecule has 6 nitrogen and oxygen atoms in total. The van der Waals surface area contributed by atoms with Gasteiger partial charge in [-0.2, -0.15) is 18.3 Å². The molecule has 0 spiro atoms. The van der Waals surface area contributed by atoms with Crippen molar-refractivity contribution in [2.75, 3.05) is 18.4 Å². The quantitative estimate of drug-likeness (QED) is 0.543. The maximum Gasteiger partial charge on any atom is 0.401 e. The van der Waals surface area contributed by atoms with Crippen molar-refractivity contribution >= 4 is 11.8 Å². The summed E-state index contributed by atoms with van der Waals surface area (Å²) in [4.78, 5) is 14.6. The molecule has 5 rings (SSSR count). The van der Waals surface area contributed by atoms with E-state index in [0.717, 1.165) is 41.8 Å². The van der Waals surface area contributed by atoms with Gasteiger partial charge in [0.2, 0.25) is 0 Å². The van der Waals surface area contributed by atoms with Crippen molar-refractivity contribution in [1.29, 1.82) is 0 Å². The van der Waals surface area contributed by atoms with E-state index >= 15 is 0 Å². The van der Waals surface area contributed by atoms with Crippen molar-refractivity contribution in [3.05, 3.63) is 77.5 Å². The van der Waals surface area contributed by atoms with E-state index in [2.05, 4.69) is 10.6 Å². The Kier molecular flexibility index (Phi) is 6.27. The Bertz CT molecular complexity index is 1180. The first-order valence-corrected chi connectivity index (χ1v) is 11.9. The highest BCUT2D eigenvalue weighted by molar-refractivity contribution is 5.90. The molecule has 2 N–H and O–H groups in total. The van der Waals surface area contributed by atoms with Gasteiger partial charge in [0.15, 0.2) is 0 Å². The Hall–Kier alpha value is -3.33. The molecule has 35 heavy (non-hydrogen) atoms. The zero-order chi connectivity index (χ0) is 24.6. The van der Waals surface area contributed by atoms with Gasteiger partial charge in [0.1, 0.15) is 5.82 Å². The predicted octanol–water partition coefficient (Wildman–Crippen LogP) is 4.90. The van der Waals surface area contributed by atoms with Gasteiger partial charge in [-0.3, -0.25) is 10.2 Å². The number of rotatable bonds is 5. The third-order valence-electron chi connectivity index (χ3n) is 6.98. The van der Waals surface area contributed by atoms with Crippen LogP contribution in [0.2, 0.25) is 0 Å². The number of alkyl halides is 3. The van der Waals surface area contributed by atoms with Gasteiger partial charge in [-0.1, -0.05) is 48.5 Å². The molecule has 0 unspecified atom stereocenters. The summed E-state index contributed by atoms with van der Waals surface area (Å²) in [7, 11) is 0. The van der Waals surface area contributed by atoms with E-state index in [9.17, 15) is 18.0 Å². The summed E-state index contributed by atoms with van der Waals surface area (Å²) in [6.45, 7) is 0.898. The zero-order valence-electron chi connectivity index (χ0n) is 19.4. The van der Waals surface area contributed by atoms with Crippen molar-refractivity contribution in [2.24, 2.45) is 0 Å². The number of urea groups is 1. The van der Waals surface area contributed by atoms with Crippen LogP contribution in [0.1, 0.15) is 36.1 Å². The summed E-state index contributed by atoms with van der Waals surface area (Å²) in [5.41, 5.74) is 3.73. The molecule has 1 fully saturated rings. The van der Waals surface area contributed by atoms with Crippen molar-refractivity contribution in [2.45, 2.75) is 50.4 Å². The van der Waals surface area contributed by atoms with Crippen LogP contribution in [0.5, 0.6) is 0 Å². The van der Waals surface area contributed by atoms with E-state index in [1.807, 2.05) is 60.7 Å². The number of nitrogens with one attached hydrogen (secondary N) is 2. The van der Waals surface area contributed by atoms with Gasteiger partial charge in [0, 0.05) is 24.1 Å². The second-order valence-electron chi connectivity index (χ2n) is 9.30. The summed E-state index contributed by atoms with van der Waals surface area (Å²) >= 11 is 0. The normalized spacial score (nSPS) is 22.2.